The molecule has 0 aliphatic carbocycles. The molecule has 0 unspecified atom stereocenters. The first-order valence-electron chi connectivity index (χ1n) is 6.39. The van der Waals surface area contributed by atoms with Crippen molar-refractivity contribution in [1.82, 2.24) is 4.72 Å². The second-order valence-corrected chi connectivity index (χ2v) is 6.35. The predicted molar refractivity (Wildman–Crippen MR) is 80.9 cm³/mol. The van der Waals surface area contributed by atoms with E-state index in [2.05, 4.69) is 4.72 Å². The van der Waals surface area contributed by atoms with Crippen LogP contribution in [0.15, 0.2) is 53.4 Å². The average Bonchev–Trinajstić information content (AvgIpc) is 2.41. The van der Waals surface area contributed by atoms with Gasteiger partial charge < -0.3 is 5.73 Å². The van der Waals surface area contributed by atoms with Crippen molar-refractivity contribution in [2.75, 3.05) is 12.3 Å². The monoisotopic (exact) mass is 290 g/mol. The topological polar surface area (TPSA) is 72.2 Å². The largest absolute Gasteiger partial charge is 0.398 e. The summed E-state index contributed by atoms with van der Waals surface area (Å²) < 4.78 is 26.9. The van der Waals surface area contributed by atoms with Gasteiger partial charge in [0.1, 0.15) is 4.90 Å². The maximum atomic E-state index is 12.1. The molecule has 3 N–H and O–H groups in total. The molecule has 0 heterocycles. The molecule has 0 atom stereocenters. The second kappa shape index (κ2) is 6.07. The summed E-state index contributed by atoms with van der Waals surface area (Å²) in [5, 5.41) is 0. The number of rotatable bonds is 5. The minimum Gasteiger partial charge on any atom is -0.398 e. The maximum Gasteiger partial charge on any atom is 0.242 e. The molecule has 4 nitrogen and oxygen atoms in total. The number of anilines is 1. The van der Waals surface area contributed by atoms with Gasteiger partial charge in [-0.2, -0.15) is 0 Å². The van der Waals surface area contributed by atoms with E-state index in [4.69, 9.17) is 5.73 Å². The van der Waals surface area contributed by atoms with Crippen LogP contribution in [0.4, 0.5) is 5.69 Å². The van der Waals surface area contributed by atoms with E-state index < -0.39 is 10.0 Å². The van der Waals surface area contributed by atoms with Gasteiger partial charge in [0.05, 0.1) is 5.69 Å². The molecule has 0 saturated heterocycles. The van der Waals surface area contributed by atoms with Crippen LogP contribution in [0.2, 0.25) is 0 Å². The van der Waals surface area contributed by atoms with Gasteiger partial charge in [-0.05, 0) is 36.6 Å². The fraction of sp³-hybridized carbons (Fsp3) is 0.200. The van der Waals surface area contributed by atoms with Crippen LogP contribution in [0.5, 0.6) is 0 Å². The highest BCUT2D eigenvalue weighted by Crippen LogP contribution is 2.16. The van der Waals surface area contributed by atoms with Gasteiger partial charge in [0.15, 0.2) is 0 Å². The zero-order valence-electron chi connectivity index (χ0n) is 11.3. The molecule has 0 bridgehead atoms. The predicted octanol–water partition coefficient (Wildman–Crippen LogP) is 2.10. The maximum absolute atomic E-state index is 12.1. The lowest BCUT2D eigenvalue weighted by Crippen LogP contribution is -2.26. The molecule has 2 aromatic carbocycles. The number of aryl methyl sites for hydroxylation is 1. The van der Waals surface area contributed by atoms with E-state index >= 15 is 0 Å². The molecule has 0 aliphatic rings. The quantitative estimate of drug-likeness (QED) is 0.828. The van der Waals surface area contributed by atoms with Crippen molar-refractivity contribution >= 4 is 15.7 Å². The molecule has 0 saturated carbocycles. The van der Waals surface area contributed by atoms with Gasteiger partial charge in [-0.15, -0.1) is 0 Å². The molecule has 0 aliphatic heterocycles. The minimum atomic E-state index is -3.55. The molecule has 0 radical (unpaired) electrons. The van der Waals surface area contributed by atoms with Crippen LogP contribution < -0.4 is 10.5 Å². The summed E-state index contributed by atoms with van der Waals surface area (Å²) in [6, 6.07) is 14.4. The molecule has 0 amide bonds. The molecule has 0 spiro atoms. The van der Waals surface area contributed by atoms with Crippen molar-refractivity contribution in [2.45, 2.75) is 18.2 Å². The van der Waals surface area contributed by atoms with Gasteiger partial charge in [-0.3, -0.25) is 0 Å². The number of sulfonamides is 1. The van der Waals surface area contributed by atoms with Crippen LogP contribution in [0.25, 0.3) is 0 Å². The Bertz CT molecular complexity index is 697. The minimum absolute atomic E-state index is 0.129. The Morgan fingerprint density at radius 2 is 1.70 bits per heavy atom. The van der Waals surface area contributed by atoms with Crippen LogP contribution in [0.1, 0.15) is 11.1 Å². The highest BCUT2D eigenvalue weighted by atomic mass is 32.2. The molecule has 0 fully saturated rings. The summed E-state index contributed by atoms with van der Waals surface area (Å²) in [7, 11) is -3.55. The van der Waals surface area contributed by atoms with Gasteiger partial charge in [-0.1, -0.05) is 36.4 Å². The number of hydrogen-bond donors (Lipinski definition) is 2. The van der Waals surface area contributed by atoms with E-state index in [1.165, 1.54) is 6.07 Å². The third-order valence-electron chi connectivity index (χ3n) is 3.16. The van der Waals surface area contributed by atoms with Crippen molar-refractivity contribution < 1.29 is 8.42 Å². The summed E-state index contributed by atoms with van der Waals surface area (Å²) in [4.78, 5) is 0.129. The van der Waals surface area contributed by atoms with Crippen LogP contribution >= 0.6 is 0 Å². The van der Waals surface area contributed by atoms with Crippen molar-refractivity contribution in [3.8, 4) is 0 Å². The Labute approximate surface area is 119 Å². The number of benzene rings is 2. The lowest BCUT2D eigenvalue weighted by molar-refractivity contribution is 0.582. The number of nitrogen functional groups attached to an aromatic ring is 1. The lowest BCUT2D eigenvalue weighted by Gasteiger charge is -2.10. The smallest absolute Gasteiger partial charge is 0.242 e. The highest BCUT2D eigenvalue weighted by Gasteiger charge is 2.16. The summed E-state index contributed by atoms with van der Waals surface area (Å²) in [6.07, 6.45) is 0.651. The first-order valence-corrected chi connectivity index (χ1v) is 7.88. The van der Waals surface area contributed by atoms with Crippen molar-refractivity contribution in [3.63, 3.8) is 0 Å². The molecule has 2 aromatic rings. The Morgan fingerprint density at radius 3 is 2.40 bits per heavy atom. The first-order chi connectivity index (χ1) is 9.50. The molecule has 5 heteroatoms. The second-order valence-electron chi connectivity index (χ2n) is 4.61. The van der Waals surface area contributed by atoms with E-state index in [-0.39, 0.29) is 10.6 Å². The normalized spacial score (nSPS) is 11.4. The number of nitrogens with two attached hydrogens (primary N) is 1. The van der Waals surface area contributed by atoms with Gasteiger partial charge in [-0.25, -0.2) is 13.1 Å². The zero-order chi connectivity index (χ0) is 14.6. The van der Waals surface area contributed by atoms with E-state index in [1.54, 1.807) is 18.2 Å². The van der Waals surface area contributed by atoms with Gasteiger partial charge >= 0.3 is 0 Å². The SMILES string of the molecule is Cc1ccccc1CCNS(=O)(=O)c1ccccc1N. The molecular formula is C15H18N2O2S. The highest BCUT2D eigenvalue weighted by molar-refractivity contribution is 7.89. The van der Waals surface area contributed by atoms with Gasteiger partial charge in [0.2, 0.25) is 10.0 Å². The summed E-state index contributed by atoms with van der Waals surface area (Å²) in [5.74, 6) is 0. The third-order valence-corrected chi connectivity index (χ3v) is 4.69. The molecule has 20 heavy (non-hydrogen) atoms. The standard InChI is InChI=1S/C15H18N2O2S/c1-12-6-2-3-7-13(12)10-11-17-20(18,19)15-9-5-4-8-14(15)16/h2-9,17H,10-11,16H2,1H3. The van der Waals surface area contributed by atoms with E-state index in [9.17, 15) is 8.42 Å². The fourth-order valence-electron chi connectivity index (χ4n) is 2.01. The van der Waals surface area contributed by atoms with Gasteiger partial charge in [0, 0.05) is 6.54 Å². The Kier molecular flexibility index (Phi) is 4.42. The Morgan fingerprint density at radius 1 is 1.05 bits per heavy atom. The zero-order valence-corrected chi connectivity index (χ0v) is 12.2. The number of nitrogens with one attached hydrogen (secondary N) is 1. The average molecular weight is 290 g/mol. The van der Waals surface area contributed by atoms with Crippen molar-refractivity contribution in [1.29, 1.82) is 0 Å². The molecule has 2 rings (SSSR count). The van der Waals surface area contributed by atoms with Crippen molar-refractivity contribution in [2.24, 2.45) is 0 Å². The summed E-state index contributed by atoms with van der Waals surface area (Å²) in [6.45, 7) is 2.36. The Hall–Kier alpha value is -1.85. The third kappa shape index (κ3) is 3.37. The lowest BCUT2D eigenvalue weighted by atomic mass is 10.1. The fourth-order valence-corrected chi connectivity index (χ4v) is 3.18. The summed E-state index contributed by atoms with van der Waals surface area (Å²) in [5.41, 5.74) is 8.25. The summed E-state index contributed by atoms with van der Waals surface area (Å²) >= 11 is 0. The van der Waals surface area contributed by atoms with Gasteiger partial charge in [0.25, 0.3) is 0 Å². The van der Waals surface area contributed by atoms with E-state index in [0.29, 0.717) is 13.0 Å². The van der Waals surface area contributed by atoms with E-state index in [1.807, 2.05) is 31.2 Å². The van der Waals surface area contributed by atoms with Crippen LogP contribution in [-0.2, 0) is 16.4 Å². The van der Waals surface area contributed by atoms with E-state index in [0.717, 1.165) is 11.1 Å². The number of para-hydroxylation sites is 1. The molecule has 106 valence electrons. The first kappa shape index (κ1) is 14.6. The van der Waals surface area contributed by atoms with Crippen LogP contribution in [0.3, 0.4) is 0 Å². The molecular weight excluding hydrogens is 272 g/mol. The number of hydrogen-bond acceptors (Lipinski definition) is 3. The van der Waals surface area contributed by atoms with Crippen molar-refractivity contribution in [3.05, 3.63) is 59.7 Å². The van der Waals surface area contributed by atoms with Crippen LogP contribution in [0, 0.1) is 6.92 Å². The van der Waals surface area contributed by atoms with Crippen LogP contribution in [-0.4, -0.2) is 15.0 Å². The Balaban J connectivity index is 2.04. The molecule has 0 aromatic heterocycles.